The number of sulfone groups is 1. The van der Waals surface area contributed by atoms with Crippen LogP contribution < -0.4 is 4.90 Å². The number of carbonyl (C=O) groups is 2. The number of aliphatic hydroxyl groups excluding tert-OH is 1. The topological polar surface area (TPSA) is 148 Å². The van der Waals surface area contributed by atoms with E-state index in [1.807, 2.05) is 6.92 Å². The van der Waals surface area contributed by atoms with Gasteiger partial charge in [-0.05, 0) is 36.8 Å². The molecule has 2 heterocycles. The zero-order valence-electron chi connectivity index (χ0n) is 20.5. The van der Waals surface area contributed by atoms with Crippen molar-refractivity contribution in [1.29, 1.82) is 0 Å². The van der Waals surface area contributed by atoms with Crippen molar-refractivity contribution in [2.75, 3.05) is 4.90 Å². The van der Waals surface area contributed by atoms with Crippen molar-refractivity contribution in [3.63, 3.8) is 0 Å². The summed E-state index contributed by atoms with van der Waals surface area (Å²) in [6.45, 7) is 1.86. The Balaban J connectivity index is 1.62. The second-order valence-corrected chi connectivity index (χ2v) is 12.4. The van der Waals surface area contributed by atoms with Crippen molar-refractivity contribution in [3.05, 3.63) is 116 Å². The maximum atomic E-state index is 13.3. The first-order valence-corrected chi connectivity index (χ1v) is 14.3. The first kappa shape index (κ1) is 27.2. The summed E-state index contributed by atoms with van der Waals surface area (Å²) in [4.78, 5) is 41.9. The molecule has 202 valence electrons. The number of hydrogen-bond donors (Lipinski definition) is 1. The number of non-ortho nitro benzene ring substituents is 1. The van der Waals surface area contributed by atoms with E-state index in [1.54, 1.807) is 48.5 Å². The number of rotatable bonds is 6. The molecule has 1 aromatic heterocycles. The number of amides is 1. The number of hydrogen-bond acceptors (Lipinski definition) is 9. The second kappa shape index (κ2) is 10.3. The molecule has 1 saturated heterocycles. The molecule has 1 atom stereocenters. The molecule has 1 aliphatic rings. The van der Waals surface area contributed by atoms with Crippen molar-refractivity contribution in [1.82, 2.24) is 4.98 Å². The lowest BCUT2D eigenvalue weighted by Gasteiger charge is -2.23. The van der Waals surface area contributed by atoms with Crippen LogP contribution >= 0.6 is 22.9 Å². The Labute approximate surface area is 236 Å². The number of nitro groups is 1. The normalized spacial score (nSPS) is 16.9. The minimum Gasteiger partial charge on any atom is -0.507 e. The number of aliphatic hydroxyl groups is 1. The van der Waals surface area contributed by atoms with Crippen LogP contribution in [0.25, 0.3) is 5.76 Å². The standard InChI is InChI=1S/C27H18ClN3O7S2/c1-15-2-4-17(5-3-15)24(32)22-23(16-6-8-18(28)9-7-16)30(26(34)25(22)33)27-29-14-21(39-27)40(37,38)20-12-10-19(11-13-20)31(35)36/h2-14,23,32H,1H3. The van der Waals surface area contributed by atoms with E-state index in [0.717, 1.165) is 40.9 Å². The molecule has 1 unspecified atom stereocenters. The van der Waals surface area contributed by atoms with Crippen molar-refractivity contribution < 1.29 is 28.0 Å². The molecule has 40 heavy (non-hydrogen) atoms. The summed E-state index contributed by atoms with van der Waals surface area (Å²) in [7, 11) is -4.15. The van der Waals surface area contributed by atoms with Crippen LogP contribution in [0.2, 0.25) is 5.02 Å². The summed E-state index contributed by atoms with van der Waals surface area (Å²) in [6, 6.07) is 16.3. The molecule has 13 heteroatoms. The molecule has 0 radical (unpaired) electrons. The Hall–Kier alpha value is -4.39. The van der Waals surface area contributed by atoms with Crippen LogP contribution in [0.5, 0.6) is 0 Å². The van der Waals surface area contributed by atoms with Gasteiger partial charge in [0.15, 0.2) is 5.13 Å². The second-order valence-electron chi connectivity index (χ2n) is 8.80. The Morgan fingerprint density at radius 1 is 1.02 bits per heavy atom. The summed E-state index contributed by atoms with van der Waals surface area (Å²) in [5.74, 6) is -2.36. The summed E-state index contributed by atoms with van der Waals surface area (Å²) in [6.07, 6.45) is 1.05. The van der Waals surface area contributed by atoms with Gasteiger partial charge >= 0.3 is 5.91 Å². The third-order valence-corrected chi connectivity index (χ3v) is 9.74. The minimum atomic E-state index is -4.15. The molecule has 4 aromatic rings. The molecule has 0 spiro atoms. The minimum absolute atomic E-state index is 0.0921. The fourth-order valence-electron chi connectivity index (χ4n) is 4.21. The maximum Gasteiger partial charge on any atom is 0.301 e. The number of ketones is 1. The third-order valence-electron chi connectivity index (χ3n) is 6.26. The van der Waals surface area contributed by atoms with E-state index in [-0.39, 0.29) is 25.5 Å². The highest BCUT2D eigenvalue weighted by atomic mass is 35.5. The SMILES string of the molecule is Cc1ccc(C(O)=C2C(=O)C(=O)N(c3ncc(S(=O)(=O)c4ccc([N+](=O)[O-])cc4)s3)C2c2ccc(Cl)cc2)cc1. The largest absolute Gasteiger partial charge is 0.507 e. The number of halogens is 1. The first-order chi connectivity index (χ1) is 19.0. The predicted molar refractivity (Wildman–Crippen MR) is 148 cm³/mol. The van der Waals surface area contributed by atoms with Gasteiger partial charge in [0.1, 0.15) is 9.97 Å². The van der Waals surface area contributed by atoms with Gasteiger partial charge in [0.25, 0.3) is 11.5 Å². The van der Waals surface area contributed by atoms with Gasteiger partial charge in [0.2, 0.25) is 9.84 Å². The quantitative estimate of drug-likeness (QED) is 0.101. The van der Waals surface area contributed by atoms with Gasteiger partial charge in [0.05, 0.1) is 27.6 Å². The van der Waals surface area contributed by atoms with Gasteiger partial charge in [0, 0.05) is 22.7 Å². The van der Waals surface area contributed by atoms with Crippen LogP contribution in [0, 0.1) is 17.0 Å². The van der Waals surface area contributed by atoms with Crippen LogP contribution in [0.3, 0.4) is 0 Å². The summed E-state index contributed by atoms with van der Waals surface area (Å²) in [5, 5.41) is 22.4. The number of Topliss-reactive ketones (excluding diaryl/α,β-unsaturated/α-hetero) is 1. The zero-order chi connectivity index (χ0) is 28.8. The van der Waals surface area contributed by atoms with Crippen LogP contribution in [0.1, 0.15) is 22.7 Å². The fourth-order valence-corrected chi connectivity index (χ4v) is 6.88. The van der Waals surface area contributed by atoms with Gasteiger partial charge in [-0.15, -0.1) is 0 Å². The molecule has 0 bridgehead atoms. The molecule has 0 aliphatic carbocycles. The molecule has 3 aromatic carbocycles. The number of aryl methyl sites for hydroxylation is 1. The molecule has 5 rings (SSSR count). The Kier molecular flexibility index (Phi) is 7.00. The molecular formula is C27H18ClN3O7S2. The summed E-state index contributed by atoms with van der Waals surface area (Å²) in [5.41, 5.74) is 1.22. The Bertz CT molecular complexity index is 1800. The number of thiazole rings is 1. The lowest BCUT2D eigenvalue weighted by molar-refractivity contribution is -0.384. The van der Waals surface area contributed by atoms with Crippen LogP contribution in [-0.4, -0.2) is 35.1 Å². The van der Waals surface area contributed by atoms with Gasteiger partial charge in [-0.25, -0.2) is 13.4 Å². The molecule has 1 aliphatic heterocycles. The zero-order valence-corrected chi connectivity index (χ0v) is 22.9. The lowest BCUT2D eigenvalue weighted by Crippen LogP contribution is -2.29. The van der Waals surface area contributed by atoms with Crippen LogP contribution in [-0.2, 0) is 19.4 Å². The maximum absolute atomic E-state index is 13.3. The van der Waals surface area contributed by atoms with E-state index in [2.05, 4.69) is 4.98 Å². The van der Waals surface area contributed by atoms with Crippen LogP contribution in [0.4, 0.5) is 10.8 Å². The van der Waals surface area contributed by atoms with E-state index in [0.29, 0.717) is 27.5 Å². The number of nitrogens with zero attached hydrogens (tertiary/aromatic N) is 3. The van der Waals surface area contributed by atoms with E-state index >= 15 is 0 Å². The monoisotopic (exact) mass is 595 g/mol. The van der Waals surface area contributed by atoms with E-state index in [4.69, 9.17) is 11.6 Å². The predicted octanol–water partition coefficient (Wildman–Crippen LogP) is 5.47. The number of aromatic nitrogens is 1. The molecule has 1 amide bonds. The summed E-state index contributed by atoms with van der Waals surface area (Å²) >= 11 is 6.71. The highest BCUT2D eigenvalue weighted by Crippen LogP contribution is 2.44. The summed E-state index contributed by atoms with van der Waals surface area (Å²) < 4.78 is 26.2. The third kappa shape index (κ3) is 4.76. The van der Waals surface area contributed by atoms with E-state index in [9.17, 15) is 33.2 Å². The molecular weight excluding hydrogens is 578 g/mol. The Morgan fingerprint density at radius 2 is 1.65 bits per heavy atom. The van der Waals surface area contributed by atoms with Crippen LogP contribution in [0.15, 0.2) is 93.7 Å². The molecule has 1 N–H and O–H groups in total. The van der Waals surface area contributed by atoms with Gasteiger partial charge in [-0.3, -0.25) is 24.6 Å². The van der Waals surface area contributed by atoms with Gasteiger partial charge in [-0.2, -0.15) is 0 Å². The molecule has 0 saturated carbocycles. The van der Waals surface area contributed by atoms with Crippen molar-refractivity contribution in [2.24, 2.45) is 0 Å². The first-order valence-electron chi connectivity index (χ1n) is 11.6. The van der Waals surface area contributed by atoms with Gasteiger partial charge in [-0.1, -0.05) is 64.9 Å². The highest BCUT2D eigenvalue weighted by molar-refractivity contribution is 7.93. The average molecular weight is 596 g/mol. The smallest absolute Gasteiger partial charge is 0.301 e. The average Bonchev–Trinajstić information content (AvgIpc) is 3.53. The lowest BCUT2D eigenvalue weighted by atomic mass is 9.95. The molecule has 10 nitrogen and oxygen atoms in total. The number of anilines is 1. The van der Waals surface area contributed by atoms with Crippen molar-refractivity contribution in [2.45, 2.75) is 22.1 Å². The highest BCUT2D eigenvalue weighted by Gasteiger charge is 2.48. The van der Waals surface area contributed by atoms with E-state index in [1.165, 1.54) is 0 Å². The van der Waals surface area contributed by atoms with Crippen molar-refractivity contribution in [3.8, 4) is 0 Å². The Morgan fingerprint density at radius 3 is 2.25 bits per heavy atom. The number of carbonyl (C=O) groups excluding carboxylic acids is 2. The number of benzene rings is 3. The number of nitro benzene ring substituents is 1. The van der Waals surface area contributed by atoms with Gasteiger partial charge < -0.3 is 5.11 Å². The molecule has 1 fully saturated rings. The fraction of sp³-hybridized carbons (Fsp3) is 0.0741. The van der Waals surface area contributed by atoms with E-state index < -0.39 is 38.3 Å². The van der Waals surface area contributed by atoms with Crippen molar-refractivity contribution >= 4 is 61.0 Å².